The average molecular weight is 164 g/mol. The molecule has 0 saturated carbocycles. The highest BCUT2D eigenvalue weighted by molar-refractivity contribution is 5.10. The fourth-order valence-corrected chi connectivity index (χ4v) is 1.27. The summed E-state index contributed by atoms with van der Waals surface area (Å²) in [4.78, 5) is 0. The Hall–Kier alpha value is -0.850. The van der Waals surface area contributed by atoms with Gasteiger partial charge < -0.3 is 0 Å². The Morgan fingerprint density at radius 3 is 2.75 bits per heavy atom. The fourth-order valence-electron chi connectivity index (χ4n) is 1.27. The van der Waals surface area contributed by atoms with E-state index in [0.717, 1.165) is 6.54 Å². The van der Waals surface area contributed by atoms with Crippen LogP contribution >= 0.6 is 0 Å². The summed E-state index contributed by atoms with van der Waals surface area (Å²) in [6.07, 6.45) is 5.58. The molecule has 0 N–H and O–H groups in total. The average Bonchev–Trinajstić information content (AvgIpc) is 2.17. The molecule has 1 unspecified atom stereocenters. The molecule has 0 aromatic carbocycles. The summed E-state index contributed by atoms with van der Waals surface area (Å²) in [7, 11) is 0. The molecule has 1 heteroatoms. The molecule has 12 heavy (non-hydrogen) atoms. The zero-order valence-electron chi connectivity index (χ0n) is 8.25. The second-order valence-corrected chi connectivity index (χ2v) is 3.28. The number of hydrogen-bond acceptors (Lipinski definition) is 0. The Morgan fingerprint density at radius 1 is 1.42 bits per heavy atom. The molecule has 0 amide bonds. The molecule has 0 bridgehead atoms. The first-order valence-electron chi connectivity index (χ1n) is 4.77. The Morgan fingerprint density at radius 2 is 2.17 bits per heavy atom. The Kier molecular flexibility index (Phi) is 3.27. The maximum Gasteiger partial charge on any atom is 0.172 e. The van der Waals surface area contributed by atoms with Crippen LogP contribution in [0.4, 0.5) is 0 Å². The second kappa shape index (κ2) is 4.24. The molecule has 0 spiro atoms. The third kappa shape index (κ3) is 2.07. The molecule has 0 aliphatic rings. The fraction of sp³-hybridized carbons (Fsp3) is 0.545. The molecule has 1 rings (SSSR count). The number of nitrogens with zero attached hydrogens (tertiary/aromatic N) is 1. The molecule has 1 aromatic heterocycles. The molecular formula is C11H18N+. The van der Waals surface area contributed by atoms with E-state index in [4.69, 9.17) is 0 Å². The van der Waals surface area contributed by atoms with Crippen molar-refractivity contribution in [3.8, 4) is 0 Å². The van der Waals surface area contributed by atoms with Crippen LogP contribution in [-0.2, 0) is 6.54 Å². The molecular weight excluding hydrogens is 146 g/mol. The summed E-state index contributed by atoms with van der Waals surface area (Å²) in [5.74, 6) is 0.684. The van der Waals surface area contributed by atoms with Crippen LogP contribution in [0.25, 0.3) is 0 Å². The van der Waals surface area contributed by atoms with Gasteiger partial charge in [0.05, 0.1) is 0 Å². The standard InChI is InChI=1S/C11H18N/c1-4-10(3)11-7-6-8-12(5-2)9-11/h6-10H,4-5H2,1-3H3/q+1. The van der Waals surface area contributed by atoms with Crippen LogP contribution in [0, 0.1) is 0 Å². The SMILES string of the molecule is CCC(C)c1ccc[n+](CC)c1. The first kappa shape index (κ1) is 9.24. The molecule has 1 atom stereocenters. The van der Waals surface area contributed by atoms with Gasteiger partial charge in [0, 0.05) is 11.6 Å². The summed E-state index contributed by atoms with van der Waals surface area (Å²) in [6.45, 7) is 7.73. The van der Waals surface area contributed by atoms with Crippen LogP contribution < -0.4 is 4.57 Å². The molecule has 0 aliphatic carbocycles. The van der Waals surface area contributed by atoms with Gasteiger partial charge in [-0.25, -0.2) is 4.57 Å². The van der Waals surface area contributed by atoms with Gasteiger partial charge in [-0.3, -0.25) is 0 Å². The van der Waals surface area contributed by atoms with Crippen LogP contribution in [0.1, 0.15) is 38.7 Å². The normalized spacial score (nSPS) is 12.9. The van der Waals surface area contributed by atoms with Crippen LogP contribution in [0.3, 0.4) is 0 Å². The Labute approximate surface area is 75.1 Å². The van der Waals surface area contributed by atoms with E-state index in [1.54, 1.807) is 0 Å². The monoisotopic (exact) mass is 164 g/mol. The summed E-state index contributed by atoms with van der Waals surface area (Å²) >= 11 is 0. The minimum absolute atomic E-state index is 0.684. The van der Waals surface area contributed by atoms with Gasteiger partial charge in [0.1, 0.15) is 6.54 Å². The molecule has 0 fully saturated rings. The first-order valence-corrected chi connectivity index (χ1v) is 4.77. The molecule has 1 nitrogen and oxygen atoms in total. The minimum atomic E-state index is 0.684. The molecule has 0 aliphatic heterocycles. The van der Waals surface area contributed by atoms with Crippen LogP contribution in [0.15, 0.2) is 24.5 Å². The molecule has 66 valence electrons. The van der Waals surface area contributed by atoms with E-state index in [-0.39, 0.29) is 0 Å². The summed E-state index contributed by atoms with van der Waals surface area (Å²) < 4.78 is 2.22. The van der Waals surface area contributed by atoms with Gasteiger partial charge in [0.2, 0.25) is 0 Å². The van der Waals surface area contributed by atoms with Gasteiger partial charge in [0.25, 0.3) is 0 Å². The van der Waals surface area contributed by atoms with Gasteiger partial charge in [0.15, 0.2) is 12.4 Å². The number of aryl methyl sites for hydroxylation is 1. The maximum atomic E-state index is 2.27. The molecule has 0 saturated heterocycles. The summed E-state index contributed by atoms with van der Waals surface area (Å²) in [5.41, 5.74) is 1.45. The van der Waals surface area contributed by atoms with Crippen molar-refractivity contribution in [1.29, 1.82) is 0 Å². The van der Waals surface area contributed by atoms with Crippen molar-refractivity contribution in [2.45, 2.75) is 39.7 Å². The van der Waals surface area contributed by atoms with Crippen molar-refractivity contribution < 1.29 is 4.57 Å². The van der Waals surface area contributed by atoms with Crippen molar-refractivity contribution in [3.05, 3.63) is 30.1 Å². The van der Waals surface area contributed by atoms with Gasteiger partial charge in [-0.2, -0.15) is 0 Å². The van der Waals surface area contributed by atoms with E-state index >= 15 is 0 Å². The molecule has 0 radical (unpaired) electrons. The quantitative estimate of drug-likeness (QED) is 0.604. The van der Waals surface area contributed by atoms with Gasteiger partial charge in [-0.05, 0) is 25.3 Å². The second-order valence-electron chi connectivity index (χ2n) is 3.28. The van der Waals surface area contributed by atoms with E-state index in [9.17, 15) is 0 Å². The smallest absolute Gasteiger partial charge is 0.172 e. The summed E-state index contributed by atoms with van der Waals surface area (Å²) in [6, 6.07) is 4.34. The Bertz CT molecular complexity index is 243. The van der Waals surface area contributed by atoms with Crippen molar-refractivity contribution in [1.82, 2.24) is 0 Å². The molecule has 1 heterocycles. The Balaban J connectivity index is 2.86. The van der Waals surface area contributed by atoms with E-state index in [1.165, 1.54) is 12.0 Å². The minimum Gasteiger partial charge on any atom is -0.205 e. The third-order valence-electron chi connectivity index (χ3n) is 2.43. The predicted octanol–water partition coefficient (Wildman–Crippen LogP) is 2.51. The lowest BCUT2D eigenvalue weighted by atomic mass is 10.0. The maximum absolute atomic E-state index is 2.27. The van der Waals surface area contributed by atoms with Crippen molar-refractivity contribution in [2.75, 3.05) is 0 Å². The lowest BCUT2D eigenvalue weighted by molar-refractivity contribution is -0.694. The van der Waals surface area contributed by atoms with E-state index in [1.807, 2.05) is 0 Å². The lowest BCUT2D eigenvalue weighted by Crippen LogP contribution is -2.31. The first-order chi connectivity index (χ1) is 5.77. The third-order valence-corrected chi connectivity index (χ3v) is 2.43. The van der Waals surface area contributed by atoms with Gasteiger partial charge >= 0.3 is 0 Å². The molecule has 1 aromatic rings. The number of rotatable bonds is 3. The van der Waals surface area contributed by atoms with E-state index in [2.05, 4.69) is 49.9 Å². The van der Waals surface area contributed by atoms with Crippen LogP contribution in [0.5, 0.6) is 0 Å². The van der Waals surface area contributed by atoms with E-state index in [0.29, 0.717) is 5.92 Å². The van der Waals surface area contributed by atoms with E-state index < -0.39 is 0 Å². The van der Waals surface area contributed by atoms with Crippen molar-refractivity contribution in [3.63, 3.8) is 0 Å². The number of pyridine rings is 1. The summed E-state index contributed by atoms with van der Waals surface area (Å²) in [5, 5.41) is 0. The highest BCUT2D eigenvalue weighted by Crippen LogP contribution is 2.15. The van der Waals surface area contributed by atoms with Crippen molar-refractivity contribution >= 4 is 0 Å². The zero-order valence-corrected chi connectivity index (χ0v) is 8.25. The van der Waals surface area contributed by atoms with Gasteiger partial charge in [-0.1, -0.05) is 13.8 Å². The number of aromatic nitrogens is 1. The van der Waals surface area contributed by atoms with Crippen LogP contribution in [0.2, 0.25) is 0 Å². The topological polar surface area (TPSA) is 3.88 Å². The predicted molar refractivity (Wildman–Crippen MR) is 51.0 cm³/mol. The highest BCUT2D eigenvalue weighted by Gasteiger charge is 2.06. The highest BCUT2D eigenvalue weighted by atomic mass is 14.9. The zero-order chi connectivity index (χ0) is 8.97. The van der Waals surface area contributed by atoms with Crippen LogP contribution in [-0.4, -0.2) is 0 Å². The number of hydrogen-bond donors (Lipinski definition) is 0. The van der Waals surface area contributed by atoms with Crippen molar-refractivity contribution in [2.24, 2.45) is 0 Å². The lowest BCUT2D eigenvalue weighted by Gasteiger charge is -2.05. The largest absolute Gasteiger partial charge is 0.205 e. The van der Waals surface area contributed by atoms with Gasteiger partial charge in [-0.15, -0.1) is 0 Å².